The standard InChI is InChI=1S/C20H26N4O3/c1-14-12-24(13-15-5-3-4-6-17(15)27-14)20(25)22-16-7-10-26-18(11-16)19-21-8-9-23(19)2/h3-6,8-9,14,16,18H,7,10-13H2,1-2H3,(H,22,25). The van der Waals surface area contributed by atoms with Crippen molar-refractivity contribution in [3.05, 3.63) is 48.0 Å². The molecule has 1 N–H and O–H groups in total. The number of carbonyl (C=O) groups excluding carboxylic acids is 1. The van der Waals surface area contributed by atoms with Crippen LogP contribution in [0, 0.1) is 0 Å². The largest absolute Gasteiger partial charge is 0.489 e. The van der Waals surface area contributed by atoms with E-state index in [9.17, 15) is 4.79 Å². The van der Waals surface area contributed by atoms with Crippen LogP contribution in [0.25, 0.3) is 0 Å². The van der Waals surface area contributed by atoms with E-state index >= 15 is 0 Å². The summed E-state index contributed by atoms with van der Waals surface area (Å²) in [4.78, 5) is 19.2. The van der Waals surface area contributed by atoms with Gasteiger partial charge in [-0.1, -0.05) is 18.2 Å². The summed E-state index contributed by atoms with van der Waals surface area (Å²) < 4.78 is 13.8. The van der Waals surface area contributed by atoms with Gasteiger partial charge in [0.25, 0.3) is 0 Å². The number of imidazole rings is 1. The highest BCUT2D eigenvalue weighted by molar-refractivity contribution is 5.74. The molecule has 0 aliphatic carbocycles. The number of aromatic nitrogens is 2. The van der Waals surface area contributed by atoms with Gasteiger partial charge in [0, 0.05) is 44.1 Å². The van der Waals surface area contributed by atoms with Gasteiger partial charge >= 0.3 is 6.03 Å². The third-order valence-corrected chi connectivity index (χ3v) is 5.18. The molecule has 27 heavy (non-hydrogen) atoms. The first kappa shape index (κ1) is 17.9. The Morgan fingerprint density at radius 2 is 2.19 bits per heavy atom. The highest BCUT2D eigenvalue weighted by Gasteiger charge is 2.30. The molecule has 2 aromatic rings. The van der Waals surface area contributed by atoms with E-state index in [1.54, 1.807) is 6.20 Å². The predicted molar refractivity (Wildman–Crippen MR) is 100 cm³/mol. The van der Waals surface area contributed by atoms with E-state index in [1.807, 2.05) is 53.9 Å². The molecule has 0 radical (unpaired) electrons. The molecule has 0 spiro atoms. The van der Waals surface area contributed by atoms with Gasteiger partial charge in [-0.15, -0.1) is 0 Å². The van der Waals surface area contributed by atoms with Crippen molar-refractivity contribution in [1.29, 1.82) is 0 Å². The minimum Gasteiger partial charge on any atom is -0.489 e. The number of urea groups is 1. The van der Waals surface area contributed by atoms with E-state index in [-0.39, 0.29) is 24.3 Å². The van der Waals surface area contributed by atoms with Crippen LogP contribution in [0.1, 0.15) is 37.3 Å². The molecule has 3 atom stereocenters. The van der Waals surface area contributed by atoms with Gasteiger partial charge in [-0.3, -0.25) is 0 Å². The maximum absolute atomic E-state index is 12.9. The van der Waals surface area contributed by atoms with Gasteiger partial charge in [0.15, 0.2) is 0 Å². The van der Waals surface area contributed by atoms with Crippen LogP contribution in [0.2, 0.25) is 0 Å². The van der Waals surface area contributed by atoms with Crippen LogP contribution in [0.4, 0.5) is 4.79 Å². The Bertz CT molecular complexity index is 806. The molecular weight excluding hydrogens is 344 g/mol. The van der Waals surface area contributed by atoms with E-state index in [1.165, 1.54) is 0 Å². The summed E-state index contributed by atoms with van der Waals surface area (Å²) in [5.41, 5.74) is 1.04. The number of amides is 2. The highest BCUT2D eigenvalue weighted by Crippen LogP contribution is 2.28. The average Bonchev–Trinajstić information content (AvgIpc) is 3.00. The van der Waals surface area contributed by atoms with Crippen molar-refractivity contribution in [2.75, 3.05) is 13.2 Å². The van der Waals surface area contributed by atoms with Gasteiger partial charge in [-0.25, -0.2) is 9.78 Å². The fraction of sp³-hybridized carbons (Fsp3) is 0.500. The molecule has 7 heteroatoms. The minimum absolute atomic E-state index is 0.0468. The predicted octanol–water partition coefficient (Wildman–Crippen LogP) is 2.63. The van der Waals surface area contributed by atoms with Crippen LogP contribution in [-0.2, 0) is 18.3 Å². The fourth-order valence-electron chi connectivity index (χ4n) is 3.80. The number of benzene rings is 1. The lowest BCUT2D eigenvalue weighted by molar-refractivity contribution is -0.00526. The Balaban J connectivity index is 1.42. The first-order chi connectivity index (χ1) is 13.1. The quantitative estimate of drug-likeness (QED) is 0.882. The Morgan fingerprint density at radius 1 is 1.33 bits per heavy atom. The molecule has 4 rings (SSSR count). The lowest BCUT2D eigenvalue weighted by atomic mass is 10.0. The number of carbonyl (C=O) groups is 1. The maximum atomic E-state index is 12.9. The normalized spacial score (nSPS) is 25.3. The van der Waals surface area contributed by atoms with Crippen molar-refractivity contribution in [3.8, 4) is 5.75 Å². The number of rotatable bonds is 2. The molecule has 1 saturated heterocycles. The monoisotopic (exact) mass is 370 g/mol. The van der Waals surface area contributed by atoms with Gasteiger partial charge in [-0.05, 0) is 19.4 Å². The zero-order chi connectivity index (χ0) is 18.8. The third-order valence-electron chi connectivity index (χ3n) is 5.18. The minimum atomic E-state index is -0.0869. The summed E-state index contributed by atoms with van der Waals surface area (Å²) in [7, 11) is 1.96. The third kappa shape index (κ3) is 3.93. The SMILES string of the molecule is CC1CN(C(=O)NC2CCOC(c3nccn3C)C2)Cc2ccccc2O1. The number of nitrogens with one attached hydrogen (secondary N) is 1. The van der Waals surface area contributed by atoms with Crippen LogP contribution in [-0.4, -0.2) is 45.8 Å². The number of nitrogens with zero attached hydrogens (tertiary/aromatic N) is 3. The number of para-hydroxylation sites is 1. The number of fused-ring (bicyclic) bond motifs is 1. The van der Waals surface area contributed by atoms with Crippen molar-refractivity contribution in [3.63, 3.8) is 0 Å². The van der Waals surface area contributed by atoms with Crippen LogP contribution in [0.5, 0.6) is 5.75 Å². The molecule has 1 aromatic carbocycles. The van der Waals surface area contributed by atoms with Crippen molar-refractivity contribution in [2.24, 2.45) is 7.05 Å². The molecule has 144 valence electrons. The Hall–Kier alpha value is -2.54. The van der Waals surface area contributed by atoms with Crippen molar-refractivity contribution >= 4 is 6.03 Å². The molecule has 2 aliphatic heterocycles. The van der Waals surface area contributed by atoms with E-state index < -0.39 is 0 Å². The maximum Gasteiger partial charge on any atom is 0.318 e. The molecule has 3 heterocycles. The lowest BCUT2D eigenvalue weighted by Crippen LogP contribution is -2.48. The zero-order valence-corrected chi connectivity index (χ0v) is 15.8. The topological polar surface area (TPSA) is 68.6 Å². The van der Waals surface area contributed by atoms with Gasteiger partial charge in [-0.2, -0.15) is 0 Å². The summed E-state index contributed by atoms with van der Waals surface area (Å²) in [5, 5.41) is 3.19. The first-order valence-corrected chi connectivity index (χ1v) is 9.49. The second-order valence-corrected chi connectivity index (χ2v) is 7.34. The summed E-state index contributed by atoms with van der Waals surface area (Å²) in [6.07, 6.45) is 5.09. The van der Waals surface area contributed by atoms with Crippen LogP contribution < -0.4 is 10.1 Å². The van der Waals surface area contributed by atoms with Crippen LogP contribution >= 0.6 is 0 Å². The molecule has 7 nitrogen and oxygen atoms in total. The highest BCUT2D eigenvalue weighted by atomic mass is 16.5. The Kier molecular flexibility index (Phi) is 5.03. The van der Waals surface area contributed by atoms with Gasteiger partial charge in [0.1, 0.15) is 23.8 Å². The number of aryl methyl sites for hydroxylation is 1. The van der Waals surface area contributed by atoms with Crippen LogP contribution in [0.15, 0.2) is 36.7 Å². The van der Waals surface area contributed by atoms with Gasteiger partial charge in [0.05, 0.1) is 13.1 Å². The smallest absolute Gasteiger partial charge is 0.318 e. The average molecular weight is 370 g/mol. The second kappa shape index (κ2) is 7.60. The summed E-state index contributed by atoms with van der Waals surface area (Å²) >= 11 is 0. The number of hydrogen-bond donors (Lipinski definition) is 1. The lowest BCUT2D eigenvalue weighted by Gasteiger charge is -2.32. The van der Waals surface area contributed by atoms with E-state index in [2.05, 4.69) is 10.3 Å². The molecule has 1 fully saturated rings. The van der Waals surface area contributed by atoms with Gasteiger partial charge in [0.2, 0.25) is 0 Å². The molecule has 3 unspecified atom stereocenters. The first-order valence-electron chi connectivity index (χ1n) is 9.49. The zero-order valence-electron chi connectivity index (χ0n) is 15.8. The summed E-state index contributed by atoms with van der Waals surface area (Å²) in [6, 6.07) is 7.93. The van der Waals surface area contributed by atoms with E-state index in [0.29, 0.717) is 19.7 Å². The van der Waals surface area contributed by atoms with Crippen molar-refractivity contribution < 1.29 is 14.3 Å². The molecule has 1 aromatic heterocycles. The summed E-state index contributed by atoms with van der Waals surface area (Å²) in [5.74, 6) is 1.76. The molecule has 2 aliphatic rings. The Morgan fingerprint density at radius 3 is 3.00 bits per heavy atom. The molecule has 0 bridgehead atoms. The van der Waals surface area contributed by atoms with E-state index in [4.69, 9.17) is 9.47 Å². The van der Waals surface area contributed by atoms with Crippen LogP contribution in [0.3, 0.4) is 0 Å². The van der Waals surface area contributed by atoms with Crippen molar-refractivity contribution in [1.82, 2.24) is 19.8 Å². The Labute approximate surface area is 159 Å². The number of ether oxygens (including phenoxy) is 2. The molecular formula is C20H26N4O3. The second-order valence-electron chi connectivity index (χ2n) is 7.34. The fourth-order valence-corrected chi connectivity index (χ4v) is 3.80. The van der Waals surface area contributed by atoms with Gasteiger partial charge < -0.3 is 24.3 Å². The molecule has 2 amide bonds. The number of hydrogen-bond acceptors (Lipinski definition) is 4. The van der Waals surface area contributed by atoms with Crippen molar-refractivity contribution in [2.45, 2.75) is 44.6 Å². The molecule has 0 saturated carbocycles. The van der Waals surface area contributed by atoms with E-state index in [0.717, 1.165) is 30.0 Å². The summed E-state index contributed by atoms with van der Waals surface area (Å²) in [6.45, 7) is 3.73.